The first kappa shape index (κ1) is 20.1. The second kappa shape index (κ2) is 9.50. The number of benzene rings is 2. The van der Waals surface area contributed by atoms with Crippen LogP contribution in [0.2, 0.25) is 0 Å². The molecule has 0 unspecified atom stereocenters. The molecule has 3 aromatic rings. The Balaban J connectivity index is 1.37. The summed E-state index contributed by atoms with van der Waals surface area (Å²) < 4.78 is 15.1. The number of fused-ring (bicyclic) bond motifs is 1. The van der Waals surface area contributed by atoms with Crippen molar-refractivity contribution in [1.29, 1.82) is 0 Å². The van der Waals surface area contributed by atoms with Crippen LogP contribution in [0.5, 0.6) is 0 Å². The zero-order valence-corrected chi connectivity index (χ0v) is 15.8. The summed E-state index contributed by atoms with van der Waals surface area (Å²) in [6.07, 6.45) is 0.358. The van der Waals surface area contributed by atoms with Crippen LogP contribution in [0.3, 0.4) is 0 Å². The van der Waals surface area contributed by atoms with Crippen molar-refractivity contribution in [3.63, 3.8) is 0 Å². The number of methoxy groups -OCH3 is 1. The zero-order valence-electron chi connectivity index (χ0n) is 15.8. The molecule has 0 fully saturated rings. The molecule has 0 radical (unpaired) electrons. The molecule has 150 valence electrons. The van der Waals surface area contributed by atoms with Crippen molar-refractivity contribution >= 4 is 28.9 Å². The number of nitrogens with zero attached hydrogens (tertiary/aromatic N) is 1. The average molecular weight is 396 g/mol. The predicted molar refractivity (Wildman–Crippen MR) is 103 cm³/mol. The molecule has 2 aromatic carbocycles. The Morgan fingerprint density at radius 3 is 2.55 bits per heavy atom. The van der Waals surface area contributed by atoms with Gasteiger partial charge >= 0.3 is 11.9 Å². The molecule has 0 aliphatic rings. The van der Waals surface area contributed by atoms with E-state index in [2.05, 4.69) is 15.0 Å². The number of carbonyl (C=O) groups is 3. The summed E-state index contributed by atoms with van der Waals surface area (Å²) in [7, 11) is 1.31. The first-order valence-corrected chi connectivity index (χ1v) is 8.99. The number of aryl methyl sites for hydroxylation is 1. The van der Waals surface area contributed by atoms with Crippen LogP contribution in [0, 0.1) is 0 Å². The zero-order chi connectivity index (χ0) is 20.6. The van der Waals surface area contributed by atoms with E-state index in [4.69, 9.17) is 9.15 Å². The molecule has 0 spiro atoms. The van der Waals surface area contributed by atoms with Crippen LogP contribution in [0.15, 0.2) is 52.9 Å². The van der Waals surface area contributed by atoms with Gasteiger partial charge < -0.3 is 19.2 Å². The first-order valence-electron chi connectivity index (χ1n) is 8.99. The van der Waals surface area contributed by atoms with E-state index >= 15 is 0 Å². The van der Waals surface area contributed by atoms with Crippen molar-refractivity contribution in [2.24, 2.45) is 0 Å². The van der Waals surface area contributed by atoms with Crippen molar-refractivity contribution < 1.29 is 28.3 Å². The maximum absolute atomic E-state index is 11.8. The van der Waals surface area contributed by atoms with Crippen LogP contribution < -0.4 is 5.32 Å². The van der Waals surface area contributed by atoms with Crippen molar-refractivity contribution in [2.75, 3.05) is 13.7 Å². The Kier molecular flexibility index (Phi) is 6.57. The van der Waals surface area contributed by atoms with E-state index < -0.39 is 17.8 Å². The molecule has 0 atom stereocenters. The fraction of sp³-hybridized carbons (Fsp3) is 0.238. The van der Waals surface area contributed by atoms with Gasteiger partial charge in [-0.3, -0.25) is 9.59 Å². The predicted octanol–water partition coefficient (Wildman–Crippen LogP) is 2.41. The summed E-state index contributed by atoms with van der Waals surface area (Å²) in [4.78, 5) is 39.3. The van der Waals surface area contributed by atoms with E-state index in [-0.39, 0.29) is 19.6 Å². The molecule has 0 aliphatic heterocycles. The number of rotatable bonds is 8. The summed E-state index contributed by atoms with van der Waals surface area (Å²) in [5.74, 6) is -0.907. The Labute approximate surface area is 166 Å². The largest absolute Gasteiger partial charge is 0.465 e. The van der Waals surface area contributed by atoms with E-state index in [1.54, 1.807) is 30.3 Å². The standard InChI is InChI=1S/C21H20N2O6/c1-27-21(26)15-8-6-14(7-9-15)12-22-18(24)13-28-20(25)11-10-19-23-16-4-2-3-5-17(16)29-19/h2-9H,10-13H2,1H3,(H,22,24). The van der Waals surface area contributed by atoms with Crippen molar-refractivity contribution in [2.45, 2.75) is 19.4 Å². The first-order chi connectivity index (χ1) is 14.0. The van der Waals surface area contributed by atoms with Gasteiger partial charge in [0.2, 0.25) is 0 Å². The van der Waals surface area contributed by atoms with Crippen LogP contribution in [-0.4, -0.2) is 36.5 Å². The lowest BCUT2D eigenvalue weighted by molar-refractivity contribution is -0.148. The Bertz CT molecular complexity index is 976. The lowest BCUT2D eigenvalue weighted by Crippen LogP contribution is -2.28. The van der Waals surface area contributed by atoms with Crippen LogP contribution in [0.1, 0.15) is 28.2 Å². The van der Waals surface area contributed by atoms with Gasteiger partial charge in [0.05, 0.1) is 19.1 Å². The molecule has 1 aromatic heterocycles. The molecule has 0 bridgehead atoms. The summed E-state index contributed by atoms with van der Waals surface area (Å²) in [5.41, 5.74) is 2.62. The van der Waals surface area contributed by atoms with E-state index in [1.807, 2.05) is 18.2 Å². The molecule has 0 saturated carbocycles. The van der Waals surface area contributed by atoms with Crippen molar-refractivity contribution in [3.8, 4) is 0 Å². The van der Waals surface area contributed by atoms with E-state index in [0.29, 0.717) is 23.5 Å². The highest BCUT2D eigenvalue weighted by molar-refractivity contribution is 5.89. The molecule has 8 heteroatoms. The molecule has 8 nitrogen and oxygen atoms in total. The van der Waals surface area contributed by atoms with Gasteiger partial charge in [-0.25, -0.2) is 9.78 Å². The van der Waals surface area contributed by atoms with Gasteiger partial charge in [0.25, 0.3) is 5.91 Å². The molecule has 0 aliphatic carbocycles. The molecule has 3 rings (SSSR count). The van der Waals surface area contributed by atoms with Gasteiger partial charge in [-0.05, 0) is 29.8 Å². The normalized spacial score (nSPS) is 10.5. The van der Waals surface area contributed by atoms with E-state index in [0.717, 1.165) is 11.1 Å². The van der Waals surface area contributed by atoms with Gasteiger partial charge in [0.15, 0.2) is 18.1 Å². The Hall–Kier alpha value is -3.68. The Morgan fingerprint density at radius 2 is 1.83 bits per heavy atom. The summed E-state index contributed by atoms with van der Waals surface area (Å²) >= 11 is 0. The fourth-order valence-electron chi connectivity index (χ4n) is 2.58. The van der Waals surface area contributed by atoms with Crippen LogP contribution in [-0.2, 0) is 32.0 Å². The minimum absolute atomic E-state index is 0.0646. The van der Waals surface area contributed by atoms with Gasteiger partial charge in [0.1, 0.15) is 5.52 Å². The summed E-state index contributed by atoms with van der Waals surface area (Å²) in [6.45, 7) is -0.118. The Morgan fingerprint density at radius 1 is 1.07 bits per heavy atom. The third-order valence-corrected chi connectivity index (χ3v) is 4.11. The maximum Gasteiger partial charge on any atom is 0.337 e. The fourth-order valence-corrected chi connectivity index (χ4v) is 2.58. The number of ether oxygens (including phenoxy) is 2. The molecular formula is C21H20N2O6. The molecule has 1 heterocycles. The number of carbonyl (C=O) groups excluding carboxylic acids is 3. The monoisotopic (exact) mass is 396 g/mol. The second-order valence-corrected chi connectivity index (χ2v) is 6.20. The minimum atomic E-state index is -0.509. The second-order valence-electron chi connectivity index (χ2n) is 6.20. The average Bonchev–Trinajstić information content (AvgIpc) is 3.17. The van der Waals surface area contributed by atoms with Crippen LogP contribution >= 0.6 is 0 Å². The van der Waals surface area contributed by atoms with Gasteiger partial charge in [-0.15, -0.1) is 0 Å². The minimum Gasteiger partial charge on any atom is -0.465 e. The summed E-state index contributed by atoms with van der Waals surface area (Å²) in [6, 6.07) is 14.0. The number of aromatic nitrogens is 1. The number of esters is 2. The quantitative estimate of drug-likeness (QED) is 0.583. The van der Waals surface area contributed by atoms with Crippen molar-refractivity contribution in [1.82, 2.24) is 10.3 Å². The molecule has 0 saturated heterocycles. The number of nitrogens with one attached hydrogen (secondary N) is 1. The van der Waals surface area contributed by atoms with Crippen LogP contribution in [0.25, 0.3) is 11.1 Å². The number of amides is 1. The number of hydrogen-bond donors (Lipinski definition) is 1. The van der Waals surface area contributed by atoms with Gasteiger partial charge in [-0.2, -0.15) is 0 Å². The van der Waals surface area contributed by atoms with E-state index in [1.165, 1.54) is 7.11 Å². The highest BCUT2D eigenvalue weighted by Crippen LogP contribution is 2.15. The molecule has 29 heavy (non-hydrogen) atoms. The highest BCUT2D eigenvalue weighted by atomic mass is 16.5. The topological polar surface area (TPSA) is 108 Å². The smallest absolute Gasteiger partial charge is 0.337 e. The third kappa shape index (κ3) is 5.65. The maximum atomic E-state index is 11.8. The highest BCUT2D eigenvalue weighted by Gasteiger charge is 2.11. The lowest BCUT2D eigenvalue weighted by Gasteiger charge is -2.07. The van der Waals surface area contributed by atoms with Crippen molar-refractivity contribution in [3.05, 3.63) is 65.5 Å². The number of para-hydroxylation sites is 2. The van der Waals surface area contributed by atoms with Gasteiger partial charge in [-0.1, -0.05) is 24.3 Å². The number of oxazole rings is 1. The van der Waals surface area contributed by atoms with E-state index in [9.17, 15) is 14.4 Å². The molecule has 1 amide bonds. The van der Waals surface area contributed by atoms with Gasteiger partial charge in [0, 0.05) is 13.0 Å². The third-order valence-electron chi connectivity index (χ3n) is 4.11. The lowest BCUT2D eigenvalue weighted by atomic mass is 10.1. The van der Waals surface area contributed by atoms with Crippen LogP contribution in [0.4, 0.5) is 0 Å². The molecule has 1 N–H and O–H groups in total. The summed E-state index contributed by atoms with van der Waals surface area (Å²) in [5, 5.41) is 2.65. The number of hydrogen-bond acceptors (Lipinski definition) is 7. The molecular weight excluding hydrogens is 376 g/mol. The SMILES string of the molecule is COC(=O)c1ccc(CNC(=O)COC(=O)CCc2nc3ccccc3o2)cc1.